The van der Waals surface area contributed by atoms with Gasteiger partial charge in [0.1, 0.15) is 5.78 Å². The van der Waals surface area contributed by atoms with E-state index in [0.717, 1.165) is 12.8 Å². The topological polar surface area (TPSA) is 34.1 Å². The Morgan fingerprint density at radius 1 is 1.42 bits per heavy atom. The first kappa shape index (κ1) is 8.91. The van der Waals surface area contributed by atoms with Crippen LogP contribution >= 0.6 is 0 Å². The molecule has 1 rings (SSSR count). The molecule has 64 valence electrons. The minimum Gasteiger partial charge on any atom is -0.300 e. The summed E-state index contributed by atoms with van der Waals surface area (Å²) < 4.78 is 0. The molecule has 0 fully saturated rings. The number of hydrogen-bond acceptors (Lipinski definition) is 2. The summed E-state index contributed by atoms with van der Waals surface area (Å²) in [5.41, 5.74) is 0.691. The first-order valence-electron chi connectivity index (χ1n) is 4.09. The van der Waals surface area contributed by atoms with E-state index in [1.165, 1.54) is 6.92 Å². The lowest BCUT2D eigenvalue weighted by Crippen LogP contribution is -2.07. The zero-order valence-electron chi connectivity index (χ0n) is 7.17. The summed E-state index contributed by atoms with van der Waals surface area (Å²) in [5, 5.41) is 0. The molecule has 0 N–H and O–H groups in total. The van der Waals surface area contributed by atoms with Gasteiger partial charge in [0.25, 0.3) is 0 Å². The van der Waals surface area contributed by atoms with Crippen LogP contribution in [0.3, 0.4) is 0 Å². The smallest absolute Gasteiger partial charge is 0.169 e. The van der Waals surface area contributed by atoms with Crippen LogP contribution in [0, 0.1) is 0 Å². The zero-order chi connectivity index (χ0) is 8.97. The van der Waals surface area contributed by atoms with Gasteiger partial charge in [-0.25, -0.2) is 0 Å². The van der Waals surface area contributed by atoms with Crippen LogP contribution in [0.15, 0.2) is 23.8 Å². The van der Waals surface area contributed by atoms with Crippen LogP contribution in [-0.2, 0) is 9.59 Å². The standard InChI is InChI=1S/C10H12O2/c1-8(11)7-10(12)9-5-3-2-4-6-9/h3,5-6H,2,4,7H2,1H3. The quantitative estimate of drug-likeness (QED) is 0.596. The third-order valence-corrected chi connectivity index (χ3v) is 1.73. The highest BCUT2D eigenvalue weighted by atomic mass is 16.1. The van der Waals surface area contributed by atoms with Crippen LogP contribution in [0.5, 0.6) is 0 Å². The first-order chi connectivity index (χ1) is 5.70. The van der Waals surface area contributed by atoms with E-state index in [9.17, 15) is 9.59 Å². The molecule has 2 nitrogen and oxygen atoms in total. The number of rotatable bonds is 3. The molecule has 0 saturated heterocycles. The molecule has 0 bridgehead atoms. The third kappa shape index (κ3) is 2.46. The van der Waals surface area contributed by atoms with Crippen LogP contribution < -0.4 is 0 Å². The Kier molecular flexibility index (Phi) is 2.97. The predicted molar refractivity (Wildman–Crippen MR) is 46.8 cm³/mol. The molecule has 0 saturated carbocycles. The first-order valence-corrected chi connectivity index (χ1v) is 4.09. The highest BCUT2D eigenvalue weighted by molar-refractivity contribution is 6.08. The molecule has 0 radical (unpaired) electrons. The Bertz CT molecular complexity index is 259. The Hall–Kier alpha value is -1.18. The Balaban J connectivity index is 2.58. The van der Waals surface area contributed by atoms with Crippen molar-refractivity contribution in [2.24, 2.45) is 0 Å². The molecule has 2 heteroatoms. The molecule has 0 aromatic rings. The van der Waals surface area contributed by atoms with Crippen molar-refractivity contribution in [3.63, 3.8) is 0 Å². The molecule has 0 aromatic carbocycles. The van der Waals surface area contributed by atoms with Gasteiger partial charge in [-0.1, -0.05) is 18.2 Å². The average Bonchev–Trinajstić information content (AvgIpc) is 2.05. The fraction of sp³-hybridized carbons (Fsp3) is 0.400. The Morgan fingerprint density at radius 3 is 2.67 bits per heavy atom. The van der Waals surface area contributed by atoms with Crippen molar-refractivity contribution in [2.45, 2.75) is 26.2 Å². The van der Waals surface area contributed by atoms with Gasteiger partial charge < -0.3 is 0 Å². The molecule has 0 aromatic heterocycles. The lowest BCUT2D eigenvalue weighted by molar-refractivity contribution is -0.123. The van der Waals surface area contributed by atoms with Gasteiger partial charge in [0.2, 0.25) is 0 Å². The largest absolute Gasteiger partial charge is 0.300 e. The maximum absolute atomic E-state index is 11.3. The highest BCUT2D eigenvalue weighted by Crippen LogP contribution is 2.11. The molecule has 1 aliphatic rings. The summed E-state index contributed by atoms with van der Waals surface area (Å²) in [4.78, 5) is 21.9. The number of ketones is 2. The van der Waals surface area contributed by atoms with Crippen molar-refractivity contribution in [3.8, 4) is 0 Å². The van der Waals surface area contributed by atoms with E-state index in [2.05, 4.69) is 0 Å². The Morgan fingerprint density at radius 2 is 2.17 bits per heavy atom. The van der Waals surface area contributed by atoms with Crippen molar-refractivity contribution < 1.29 is 9.59 Å². The SMILES string of the molecule is CC(=O)CC(=O)C1=CCCC=C1. The normalized spacial score (nSPS) is 15.6. The molecule has 12 heavy (non-hydrogen) atoms. The van der Waals surface area contributed by atoms with E-state index in [0.29, 0.717) is 5.57 Å². The molecule has 0 aliphatic heterocycles. The van der Waals surface area contributed by atoms with Crippen LogP contribution in [0.2, 0.25) is 0 Å². The summed E-state index contributed by atoms with van der Waals surface area (Å²) in [6.45, 7) is 1.44. The summed E-state index contributed by atoms with van der Waals surface area (Å²) in [7, 11) is 0. The van der Waals surface area contributed by atoms with Crippen LogP contribution in [-0.4, -0.2) is 11.6 Å². The number of carbonyl (C=O) groups excluding carboxylic acids is 2. The number of allylic oxidation sites excluding steroid dienone is 4. The fourth-order valence-electron chi connectivity index (χ4n) is 1.15. The van der Waals surface area contributed by atoms with Crippen molar-refractivity contribution in [2.75, 3.05) is 0 Å². The third-order valence-electron chi connectivity index (χ3n) is 1.73. The van der Waals surface area contributed by atoms with Crippen molar-refractivity contribution >= 4 is 11.6 Å². The van der Waals surface area contributed by atoms with Crippen molar-refractivity contribution in [1.29, 1.82) is 0 Å². The maximum atomic E-state index is 11.3. The fourth-order valence-corrected chi connectivity index (χ4v) is 1.15. The van der Waals surface area contributed by atoms with Gasteiger partial charge in [-0.05, 0) is 19.8 Å². The summed E-state index contributed by atoms with van der Waals surface area (Å²) in [6, 6.07) is 0. The number of carbonyl (C=O) groups is 2. The van der Waals surface area contributed by atoms with E-state index >= 15 is 0 Å². The molecule has 0 heterocycles. The number of hydrogen-bond donors (Lipinski definition) is 0. The van der Waals surface area contributed by atoms with Gasteiger partial charge in [-0.2, -0.15) is 0 Å². The summed E-state index contributed by atoms with van der Waals surface area (Å²) >= 11 is 0. The van der Waals surface area contributed by atoms with Crippen molar-refractivity contribution in [3.05, 3.63) is 23.8 Å². The lowest BCUT2D eigenvalue weighted by atomic mass is 10.0. The molecular weight excluding hydrogens is 152 g/mol. The van der Waals surface area contributed by atoms with E-state index in [1.807, 2.05) is 12.2 Å². The summed E-state index contributed by atoms with van der Waals surface area (Å²) in [6.07, 6.45) is 7.61. The molecule has 1 aliphatic carbocycles. The molecule has 0 unspecified atom stereocenters. The van der Waals surface area contributed by atoms with Gasteiger partial charge in [-0.15, -0.1) is 0 Å². The second-order valence-corrected chi connectivity index (χ2v) is 2.94. The van der Waals surface area contributed by atoms with E-state index < -0.39 is 0 Å². The second-order valence-electron chi connectivity index (χ2n) is 2.94. The van der Waals surface area contributed by atoms with Crippen LogP contribution in [0.1, 0.15) is 26.2 Å². The maximum Gasteiger partial charge on any atom is 0.169 e. The predicted octanol–water partition coefficient (Wildman–Crippen LogP) is 1.81. The van der Waals surface area contributed by atoms with Gasteiger partial charge in [0, 0.05) is 5.57 Å². The summed E-state index contributed by atoms with van der Waals surface area (Å²) in [5.74, 6) is -0.127. The minimum atomic E-state index is -0.0696. The Labute approximate surface area is 72.0 Å². The van der Waals surface area contributed by atoms with Crippen LogP contribution in [0.25, 0.3) is 0 Å². The number of Topliss-reactive ketones (excluding diaryl/α,β-unsaturated/α-hetero) is 2. The van der Waals surface area contributed by atoms with Gasteiger partial charge in [0.15, 0.2) is 5.78 Å². The molecule has 0 atom stereocenters. The lowest BCUT2D eigenvalue weighted by Gasteiger charge is -2.03. The average molecular weight is 164 g/mol. The monoisotopic (exact) mass is 164 g/mol. The van der Waals surface area contributed by atoms with E-state index in [4.69, 9.17) is 0 Å². The molecule has 0 amide bonds. The van der Waals surface area contributed by atoms with Gasteiger partial charge in [0.05, 0.1) is 6.42 Å². The second kappa shape index (κ2) is 4.00. The van der Waals surface area contributed by atoms with Gasteiger partial charge >= 0.3 is 0 Å². The van der Waals surface area contributed by atoms with E-state index in [-0.39, 0.29) is 18.0 Å². The molecule has 0 spiro atoms. The van der Waals surface area contributed by atoms with Crippen molar-refractivity contribution in [1.82, 2.24) is 0 Å². The zero-order valence-corrected chi connectivity index (χ0v) is 7.17. The minimum absolute atomic E-state index is 0.0379. The van der Waals surface area contributed by atoms with Gasteiger partial charge in [-0.3, -0.25) is 9.59 Å². The molecular formula is C10H12O2. The van der Waals surface area contributed by atoms with Crippen LogP contribution in [0.4, 0.5) is 0 Å². The highest BCUT2D eigenvalue weighted by Gasteiger charge is 2.09. The van der Waals surface area contributed by atoms with E-state index in [1.54, 1.807) is 6.08 Å².